The quantitative estimate of drug-likeness (QED) is 0.412. The van der Waals surface area contributed by atoms with E-state index >= 15 is 0 Å². The molecule has 0 saturated carbocycles. The molecule has 0 atom stereocenters. The fourth-order valence-corrected chi connectivity index (χ4v) is 2.52. The van der Waals surface area contributed by atoms with Crippen molar-refractivity contribution in [1.29, 1.82) is 5.26 Å². The molecule has 2 aromatic carbocycles. The number of H-pyrrole nitrogens is 1. The lowest BCUT2D eigenvalue weighted by Crippen LogP contribution is -1.91. The van der Waals surface area contributed by atoms with E-state index in [1.54, 1.807) is 32.4 Å². The van der Waals surface area contributed by atoms with E-state index in [4.69, 9.17) is 9.47 Å². The molecule has 130 valence electrons. The number of aromatic amines is 1. The van der Waals surface area contributed by atoms with Crippen LogP contribution in [0.3, 0.4) is 0 Å². The van der Waals surface area contributed by atoms with Crippen LogP contribution in [0.1, 0.15) is 11.4 Å². The number of nitrogens with one attached hydrogen (secondary N) is 1. The molecule has 2 N–H and O–H groups in total. The van der Waals surface area contributed by atoms with Gasteiger partial charge in [-0.2, -0.15) is 5.26 Å². The number of imidazole rings is 1. The minimum absolute atomic E-state index is 0.0675. The Morgan fingerprint density at radius 1 is 1.15 bits per heavy atom. The van der Waals surface area contributed by atoms with Crippen molar-refractivity contribution < 1.29 is 14.6 Å². The second-order valence-electron chi connectivity index (χ2n) is 5.42. The first-order valence-corrected chi connectivity index (χ1v) is 7.85. The van der Waals surface area contributed by atoms with E-state index in [0.717, 1.165) is 16.6 Å². The normalized spacial score (nSPS) is 12.0. The van der Waals surface area contributed by atoms with Crippen molar-refractivity contribution in [2.45, 2.75) is 0 Å². The van der Waals surface area contributed by atoms with E-state index in [2.05, 4.69) is 9.97 Å². The summed E-state index contributed by atoms with van der Waals surface area (Å²) < 4.78 is 10.5. The number of rotatable bonds is 5. The monoisotopic (exact) mass is 347 g/mol. The zero-order valence-corrected chi connectivity index (χ0v) is 14.4. The van der Waals surface area contributed by atoms with Gasteiger partial charge in [-0.3, -0.25) is 0 Å². The van der Waals surface area contributed by atoms with Crippen LogP contribution < -0.4 is 9.47 Å². The van der Waals surface area contributed by atoms with Crippen molar-refractivity contribution in [1.82, 2.24) is 9.97 Å². The Balaban J connectivity index is 1.94. The number of para-hydroxylation sites is 2. The van der Waals surface area contributed by atoms with Crippen LogP contribution in [0, 0.1) is 11.3 Å². The number of nitriles is 1. The number of hydrogen-bond donors (Lipinski definition) is 2. The number of fused-ring (bicyclic) bond motifs is 1. The average molecular weight is 347 g/mol. The molecule has 6 heteroatoms. The zero-order valence-electron chi connectivity index (χ0n) is 14.4. The van der Waals surface area contributed by atoms with Gasteiger partial charge in [0.1, 0.15) is 17.4 Å². The molecule has 0 unspecified atom stereocenters. The molecule has 0 radical (unpaired) electrons. The number of ether oxygens (including phenoxy) is 2. The molecule has 1 aromatic heterocycles. The highest BCUT2D eigenvalue weighted by Gasteiger charge is 2.11. The first-order valence-electron chi connectivity index (χ1n) is 7.85. The molecule has 0 aliphatic carbocycles. The number of aromatic nitrogens is 2. The number of benzene rings is 2. The summed E-state index contributed by atoms with van der Waals surface area (Å²) in [7, 11) is 3.12. The van der Waals surface area contributed by atoms with E-state index in [0.29, 0.717) is 17.3 Å². The smallest absolute Gasteiger partial charge is 0.161 e. The summed E-state index contributed by atoms with van der Waals surface area (Å²) in [5.74, 6) is 1.34. The van der Waals surface area contributed by atoms with Crippen molar-refractivity contribution >= 4 is 22.7 Å². The van der Waals surface area contributed by atoms with Crippen LogP contribution in [0.5, 0.6) is 11.5 Å². The third-order valence-corrected chi connectivity index (χ3v) is 3.84. The molecule has 0 fully saturated rings. The van der Waals surface area contributed by atoms with E-state index in [1.807, 2.05) is 36.4 Å². The van der Waals surface area contributed by atoms with Gasteiger partial charge in [0.05, 0.1) is 25.3 Å². The van der Waals surface area contributed by atoms with Crippen LogP contribution in [0.25, 0.3) is 22.7 Å². The van der Waals surface area contributed by atoms with Gasteiger partial charge in [0.2, 0.25) is 0 Å². The lowest BCUT2D eigenvalue weighted by molar-refractivity contribution is 0.355. The Morgan fingerprint density at radius 2 is 1.92 bits per heavy atom. The second-order valence-corrected chi connectivity index (χ2v) is 5.42. The van der Waals surface area contributed by atoms with Gasteiger partial charge in [0.15, 0.2) is 17.3 Å². The maximum absolute atomic E-state index is 10.3. The van der Waals surface area contributed by atoms with Gasteiger partial charge in [-0.05, 0) is 35.9 Å². The standard InChI is InChI=1S/C20H17N3O3/c1-25-18-10-8-13(11-19(18)26-2)7-9-17(24)14(12-21)20-22-15-5-3-4-6-16(15)23-20/h3-11,24H,1-2H3,(H,22,23)/b9-7?,17-14-. The number of methoxy groups -OCH3 is 2. The molecule has 3 aromatic rings. The topological polar surface area (TPSA) is 91.2 Å². The summed E-state index contributed by atoms with van der Waals surface area (Å²) in [4.78, 5) is 7.38. The van der Waals surface area contributed by atoms with Gasteiger partial charge in [0.25, 0.3) is 0 Å². The Bertz CT molecular complexity index is 1010. The van der Waals surface area contributed by atoms with Crippen molar-refractivity contribution in [3.05, 3.63) is 65.7 Å². The predicted octanol–water partition coefficient (Wildman–Crippen LogP) is 4.09. The highest BCUT2D eigenvalue weighted by atomic mass is 16.5. The van der Waals surface area contributed by atoms with Gasteiger partial charge in [0, 0.05) is 0 Å². The molecule has 1 heterocycles. The lowest BCUT2D eigenvalue weighted by Gasteiger charge is -2.07. The Kier molecular flexibility index (Phi) is 4.90. The lowest BCUT2D eigenvalue weighted by atomic mass is 10.1. The third kappa shape index (κ3) is 3.37. The van der Waals surface area contributed by atoms with Crippen molar-refractivity contribution in [2.75, 3.05) is 14.2 Å². The molecule has 0 spiro atoms. The average Bonchev–Trinajstić information content (AvgIpc) is 3.10. The number of allylic oxidation sites excluding steroid dienone is 2. The minimum Gasteiger partial charge on any atom is -0.506 e. The molecule has 0 aliphatic heterocycles. The number of aliphatic hydroxyl groups is 1. The first kappa shape index (κ1) is 17.1. The summed E-state index contributed by atoms with van der Waals surface area (Å²) in [6, 6.07) is 14.8. The summed E-state index contributed by atoms with van der Waals surface area (Å²) in [5.41, 5.74) is 2.38. The summed E-state index contributed by atoms with van der Waals surface area (Å²) >= 11 is 0. The van der Waals surface area contributed by atoms with Crippen LogP contribution in [0.4, 0.5) is 0 Å². The van der Waals surface area contributed by atoms with E-state index < -0.39 is 0 Å². The van der Waals surface area contributed by atoms with Crippen LogP contribution in [0.2, 0.25) is 0 Å². The molecule has 3 rings (SSSR count). The molecule has 26 heavy (non-hydrogen) atoms. The first-order chi connectivity index (χ1) is 12.7. The molecule has 0 amide bonds. The van der Waals surface area contributed by atoms with Gasteiger partial charge < -0.3 is 19.6 Å². The Morgan fingerprint density at radius 3 is 2.62 bits per heavy atom. The van der Waals surface area contributed by atoms with E-state index in [-0.39, 0.29) is 11.3 Å². The molecular weight excluding hydrogens is 330 g/mol. The third-order valence-electron chi connectivity index (χ3n) is 3.84. The number of aliphatic hydroxyl groups excluding tert-OH is 1. The van der Waals surface area contributed by atoms with Crippen LogP contribution in [0.15, 0.2) is 54.3 Å². The second kappa shape index (κ2) is 7.45. The van der Waals surface area contributed by atoms with E-state index in [1.165, 1.54) is 6.08 Å². The Hall–Kier alpha value is -3.72. The maximum atomic E-state index is 10.3. The molecule has 0 saturated heterocycles. The zero-order chi connectivity index (χ0) is 18.5. The molecule has 0 bridgehead atoms. The predicted molar refractivity (Wildman–Crippen MR) is 99.8 cm³/mol. The van der Waals surface area contributed by atoms with Crippen molar-refractivity contribution in [2.24, 2.45) is 0 Å². The highest BCUT2D eigenvalue weighted by molar-refractivity contribution is 5.83. The molecule has 0 aliphatic rings. The summed E-state index contributed by atoms with van der Waals surface area (Å²) in [6.45, 7) is 0. The fraction of sp³-hybridized carbons (Fsp3) is 0.100. The molecule has 6 nitrogen and oxygen atoms in total. The van der Waals surface area contributed by atoms with Crippen LogP contribution in [-0.2, 0) is 0 Å². The Labute approximate surface area is 150 Å². The van der Waals surface area contributed by atoms with E-state index in [9.17, 15) is 10.4 Å². The summed E-state index contributed by atoms with van der Waals surface area (Å²) in [6.07, 6.45) is 3.13. The van der Waals surface area contributed by atoms with Gasteiger partial charge in [-0.15, -0.1) is 0 Å². The SMILES string of the molecule is COc1ccc(C=C/C(O)=C(\C#N)c2nc3ccccc3[nH]2)cc1OC. The van der Waals surface area contributed by atoms with Crippen LogP contribution in [-0.4, -0.2) is 29.3 Å². The van der Waals surface area contributed by atoms with Gasteiger partial charge in [-0.25, -0.2) is 4.98 Å². The number of nitrogens with zero attached hydrogens (tertiary/aromatic N) is 2. The van der Waals surface area contributed by atoms with Crippen molar-refractivity contribution in [3.63, 3.8) is 0 Å². The summed E-state index contributed by atoms with van der Waals surface area (Å²) in [5, 5.41) is 19.8. The van der Waals surface area contributed by atoms with Crippen molar-refractivity contribution in [3.8, 4) is 17.6 Å². The van der Waals surface area contributed by atoms with Crippen LogP contribution >= 0.6 is 0 Å². The largest absolute Gasteiger partial charge is 0.506 e. The van der Waals surface area contributed by atoms with Gasteiger partial charge in [-0.1, -0.05) is 24.3 Å². The minimum atomic E-state index is -0.179. The fourth-order valence-electron chi connectivity index (χ4n) is 2.52. The molecular formula is C20H17N3O3. The maximum Gasteiger partial charge on any atom is 0.161 e. The number of hydrogen-bond acceptors (Lipinski definition) is 5. The van der Waals surface area contributed by atoms with Gasteiger partial charge >= 0.3 is 0 Å². The highest BCUT2D eigenvalue weighted by Crippen LogP contribution is 2.28.